The molecule has 10 heteroatoms. The fourth-order valence-corrected chi connectivity index (χ4v) is 5.23. The average molecular weight is 504 g/mol. The second kappa shape index (κ2) is 10.8. The topological polar surface area (TPSA) is 100 Å². The van der Waals surface area contributed by atoms with E-state index < -0.39 is 10.0 Å². The van der Waals surface area contributed by atoms with Gasteiger partial charge in [0.25, 0.3) is 10.0 Å². The predicted molar refractivity (Wildman–Crippen MR) is 137 cm³/mol. The van der Waals surface area contributed by atoms with Crippen LogP contribution in [-0.4, -0.2) is 44.9 Å². The van der Waals surface area contributed by atoms with Gasteiger partial charge in [-0.05, 0) is 36.8 Å². The first-order valence-electron chi connectivity index (χ1n) is 11.5. The summed E-state index contributed by atoms with van der Waals surface area (Å²) in [6.07, 6.45) is 6.54. The second-order valence-corrected chi connectivity index (χ2v) is 10.7. The number of aryl methyl sites for hydroxylation is 3. The van der Waals surface area contributed by atoms with Gasteiger partial charge in [0.15, 0.2) is 5.03 Å². The van der Waals surface area contributed by atoms with Crippen LogP contribution in [0.4, 0.5) is 5.69 Å². The van der Waals surface area contributed by atoms with Gasteiger partial charge in [0.2, 0.25) is 0 Å². The number of nitrogens with zero attached hydrogens (tertiary/aromatic N) is 7. The van der Waals surface area contributed by atoms with E-state index in [4.69, 9.17) is 0 Å². The summed E-state index contributed by atoms with van der Waals surface area (Å²) in [4.78, 5) is 10.4. The molecule has 0 saturated heterocycles. The maximum Gasteiger partial charge on any atom is 0.262 e. The van der Waals surface area contributed by atoms with Crippen LogP contribution in [0.2, 0.25) is 0 Å². The van der Waals surface area contributed by atoms with E-state index >= 15 is 0 Å². The molecule has 2 aromatic heterocycles. The van der Waals surface area contributed by atoms with Crippen LogP contribution in [0.1, 0.15) is 22.4 Å². The van der Waals surface area contributed by atoms with Crippen LogP contribution in [0.25, 0.3) is 0 Å². The van der Waals surface area contributed by atoms with Crippen molar-refractivity contribution >= 4 is 15.7 Å². The highest BCUT2D eigenvalue weighted by molar-refractivity contribution is 7.89. The van der Waals surface area contributed by atoms with Gasteiger partial charge in [0, 0.05) is 51.8 Å². The molecule has 0 radical (unpaired) electrons. The Kier molecular flexibility index (Phi) is 7.52. The highest BCUT2D eigenvalue weighted by Gasteiger charge is 2.27. The summed E-state index contributed by atoms with van der Waals surface area (Å²) in [6, 6.07) is 17.3. The number of anilines is 1. The van der Waals surface area contributed by atoms with Crippen molar-refractivity contribution in [2.24, 2.45) is 14.1 Å². The Morgan fingerprint density at radius 1 is 0.972 bits per heavy atom. The number of benzene rings is 2. The van der Waals surface area contributed by atoms with E-state index in [1.54, 1.807) is 36.3 Å². The number of hydrogen-bond donors (Lipinski definition) is 0. The molecule has 4 aromatic rings. The Hall–Kier alpha value is -3.94. The van der Waals surface area contributed by atoms with Gasteiger partial charge in [0.05, 0.1) is 36.5 Å². The van der Waals surface area contributed by atoms with E-state index in [0.717, 1.165) is 22.5 Å². The highest BCUT2D eigenvalue weighted by atomic mass is 32.2. The van der Waals surface area contributed by atoms with Crippen LogP contribution in [0.15, 0.2) is 78.6 Å². The van der Waals surface area contributed by atoms with Gasteiger partial charge in [-0.1, -0.05) is 29.8 Å². The van der Waals surface area contributed by atoms with Crippen LogP contribution in [-0.2, 0) is 37.2 Å². The summed E-state index contributed by atoms with van der Waals surface area (Å²) < 4.78 is 32.2. The van der Waals surface area contributed by atoms with Crippen molar-refractivity contribution in [3.05, 3.63) is 96.0 Å². The van der Waals surface area contributed by atoms with E-state index in [2.05, 4.69) is 20.9 Å². The Morgan fingerprint density at radius 3 is 2.28 bits per heavy atom. The van der Waals surface area contributed by atoms with Gasteiger partial charge < -0.3 is 14.0 Å². The smallest absolute Gasteiger partial charge is 0.262 e. The molecule has 0 bridgehead atoms. The van der Waals surface area contributed by atoms with Crippen LogP contribution >= 0.6 is 0 Å². The zero-order valence-corrected chi connectivity index (χ0v) is 21.4. The number of sulfonamides is 1. The first-order chi connectivity index (χ1) is 17.3. The minimum Gasteiger partial charge on any atom is -0.364 e. The van der Waals surface area contributed by atoms with Crippen molar-refractivity contribution in [2.75, 3.05) is 18.0 Å². The van der Waals surface area contributed by atoms with Gasteiger partial charge in [-0.3, -0.25) is 0 Å². The van der Waals surface area contributed by atoms with Crippen LogP contribution in [0.5, 0.6) is 0 Å². The second-order valence-electron chi connectivity index (χ2n) is 8.78. The molecule has 0 atom stereocenters. The van der Waals surface area contributed by atoms with Crippen molar-refractivity contribution in [3.8, 4) is 6.07 Å². The molecule has 4 rings (SSSR count). The lowest BCUT2D eigenvalue weighted by Crippen LogP contribution is -2.38. The minimum absolute atomic E-state index is 0.0219. The third-order valence-electron chi connectivity index (χ3n) is 6.02. The molecule has 0 spiro atoms. The quantitative estimate of drug-likeness (QED) is 0.329. The summed E-state index contributed by atoms with van der Waals surface area (Å²) in [6.45, 7) is 3.43. The van der Waals surface area contributed by atoms with E-state index in [1.807, 2.05) is 54.9 Å². The number of hydrogen-bond acceptors (Lipinski definition) is 6. The summed E-state index contributed by atoms with van der Waals surface area (Å²) >= 11 is 0. The first-order valence-corrected chi connectivity index (χ1v) is 12.9. The first kappa shape index (κ1) is 25.2. The van der Waals surface area contributed by atoms with E-state index in [9.17, 15) is 13.7 Å². The molecule has 0 aliphatic rings. The van der Waals surface area contributed by atoms with Crippen molar-refractivity contribution < 1.29 is 8.42 Å². The van der Waals surface area contributed by atoms with E-state index in [0.29, 0.717) is 18.7 Å². The van der Waals surface area contributed by atoms with Gasteiger partial charge in [-0.2, -0.15) is 9.57 Å². The molecule has 186 valence electrons. The normalized spacial score (nSPS) is 11.5. The van der Waals surface area contributed by atoms with E-state index in [-0.39, 0.29) is 18.1 Å². The standard InChI is InChI=1S/C26H29N7O2S/c1-21-4-6-23(7-5-21)16-33(36(34,35)26-18-30(2)20-29-26)13-12-32(17-25-15-28-19-31(25)3)24-10-8-22(14-27)9-11-24/h4-11,15,18-20H,12-13,16-17H2,1-3H3. The molecule has 36 heavy (non-hydrogen) atoms. The molecule has 9 nitrogen and oxygen atoms in total. The largest absolute Gasteiger partial charge is 0.364 e. The van der Waals surface area contributed by atoms with Gasteiger partial charge in [0.1, 0.15) is 0 Å². The number of aromatic nitrogens is 4. The van der Waals surface area contributed by atoms with Crippen LogP contribution < -0.4 is 4.90 Å². The number of rotatable bonds is 10. The monoisotopic (exact) mass is 503 g/mol. The summed E-state index contributed by atoms with van der Waals surface area (Å²) in [5.74, 6) is 0. The molecule has 2 aromatic carbocycles. The summed E-state index contributed by atoms with van der Waals surface area (Å²) in [7, 11) is -0.161. The zero-order valence-electron chi connectivity index (χ0n) is 20.6. The Morgan fingerprint density at radius 2 is 1.69 bits per heavy atom. The Labute approximate surface area is 211 Å². The summed E-state index contributed by atoms with van der Waals surface area (Å²) in [5, 5.41) is 9.21. The summed E-state index contributed by atoms with van der Waals surface area (Å²) in [5.41, 5.74) is 4.45. The molecule has 0 aliphatic carbocycles. The fraction of sp³-hybridized carbons (Fsp3) is 0.269. The van der Waals surface area contributed by atoms with Crippen molar-refractivity contribution in [1.29, 1.82) is 5.26 Å². The highest BCUT2D eigenvalue weighted by Crippen LogP contribution is 2.21. The Balaban J connectivity index is 1.63. The molecular formula is C26H29N7O2S. The lowest BCUT2D eigenvalue weighted by atomic mass is 10.1. The third-order valence-corrected chi connectivity index (χ3v) is 7.75. The lowest BCUT2D eigenvalue weighted by molar-refractivity contribution is 0.406. The molecule has 0 amide bonds. The van der Waals surface area contributed by atoms with E-state index in [1.165, 1.54) is 16.8 Å². The van der Waals surface area contributed by atoms with Crippen LogP contribution in [0, 0.1) is 18.3 Å². The molecular weight excluding hydrogens is 474 g/mol. The molecule has 0 aliphatic heterocycles. The predicted octanol–water partition coefficient (Wildman–Crippen LogP) is 3.23. The van der Waals surface area contributed by atoms with Gasteiger partial charge in [-0.25, -0.2) is 18.4 Å². The number of imidazole rings is 2. The molecule has 0 fully saturated rings. The minimum atomic E-state index is -3.83. The molecule has 0 saturated carbocycles. The molecule has 0 N–H and O–H groups in total. The Bertz CT molecular complexity index is 1450. The zero-order chi connectivity index (χ0) is 25.7. The number of nitriles is 1. The van der Waals surface area contributed by atoms with Gasteiger partial charge in [-0.15, -0.1) is 0 Å². The fourth-order valence-electron chi connectivity index (χ4n) is 3.85. The molecule has 0 unspecified atom stereocenters. The van der Waals surface area contributed by atoms with Crippen molar-refractivity contribution in [1.82, 2.24) is 23.4 Å². The molecule has 2 heterocycles. The maximum absolute atomic E-state index is 13.6. The average Bonchev–Trinajstić information content (AvgIpc) is 3.50. The third kappa shape index (κ3) is 5.82. The van der Waals surface area contributed by atoms with Gasteiger partial charge >= 0.3 is 0 Å². The lowest BCUT2D eigenvalue weighted by Gasteiger charge is -2.29. The van der Waals surface area contributed by atoms with Crippen LogP contribution in [0.3, 0.4) is 0 Å². The van der Waals surface area contributed by atoms with Crippen molar-refractivity contribution in [3.63, 3.8) is 0 Å². The van der Waals surface area contributed by atoms with Crippen molar-refractivity contribution in [2.45, 2.75) is 25.0 Å². The maximum atomic E-state index is 13.6. The SMILES string of the molecule is Cc1ccc(CN(CCN(Cc2cncn2C)c2ccc(C#N)cc2)S(=O)(=O)c2cn(C)cn2)cc1.